The van der Waals surface area contributed by atoms with E-state index in [1.807, 2.05) is 41.5 Å². The molecular weight excluding hydrogens is 1100 g/mol. The number of carbonyl (C=O) groups excluding carboxylic acids is 3. The van der Waals surface area contributed by atoms with Gasteiger partial charge in [-0.05, 0) is 96.4 Å². The summed E-state index contributed by atoms with van der Waals surface area (Å²) in [6.07, 6.45) is 7.89. The van der Waals surface area contributed by atoms with Crippen molar-refractivity contribution in [1.82, 2.24) is 59.3 Å². The van der Waals surface area contributed by atoms with Gasteiger partial charge in [-0.3, -0.25) is 19.0 Å². The molecule has 442 valence electrons. The van der Waals surface area contributed by atoms with Crippen LogP contribution < -0.4 is 20.1 Å². The molecule has 0 fully saturated rings. The molecule has 26 heteroatoms. The SMILES string of the molecule is CC(C)(C)NC(=O)c1cn(COCC[Si](C)(C)C)c2ncc(-c3nn(CCC=O)c4ccc(OC(F)F)cc34)nc12.CC(C)(C)NC(=O)c1cn(COCC[Si](C)(C)C)c2ncc(-c3nn(CCCO)c4ccc(OC(F)F)cc34)nc12. The van der Waals surface area contributed by atoms with Crippen molar-refractivity contribution in [2.24, 2.45) is 0 Å². The molecule has 3 N–H and O–H groups in total. The van der Waals surface area contributed by atoms with E-state index >= 15 is 0 Å². The number of aldehydes is 1. The number of rotatable bonds is 24. The van der Waals surface area contributed by atoms with Gasteiger partial charge in [0.25, 0.3) is 11.8 Å². The molecule has 8 rings (SSSR count). The molecule has 0 saturated heterocycles. The Labute approximate surface area is 474 Å². The molecule has 0 bridgehead atoms. The minimum absolute atomic E-state index is 0.0173. The molecule has 6 aromatic heterocycles. The van der Waals surface area contributed by atoms with Crippen LogP contribution in [0.15, 0.2) is 61.2 Å². The molecule has 0 aliphatic rings. The van der Waals surface area contributed by atoms with Gasteiger partial charge in [0.05, 0.1) is 34.6 Å². The maximum absolute atomic E-state index is 13.3. The monoisotopic (exact) mass is 1170 g/mol. The van der Waals surface area contributed by atoms with Crippen LogP contribution in [0, 0.1) is 0 Å². The first-order valence-corrected chi connectivity index (χ1v) is 34.4. The summed E-state index contributed by atoms with van der Waals surface area (Å²) in [5.74, 6) is -0.675. The lowest BCUT2D eigenvalue weighted by molar-refractivity contribution is -0.108. The van der Waals surface area contributed by atoms with Crippen LogP contribution in [0.3, 0.4) is 0 Å². The third kappa shape index (κ3) is 16.5. The average Bonchev–Trinajstić information content (AvgIpc) is 3.42. The highest BCUT2D eigenvalue weighted by Gasteiger charge is 2.27. The molecule has 8 aromatic rings. The number of carbonyl (C=O) groups is 3. The number of aromatic nitrogens is 10. The third-order valence-corrected chi connectivity index (χ3v) is 15.8. The lowest BCUT2D eigenvalue weighted by atomic mass is 10.1. The number of hydrogen-bond donors (Lipinski definition) is 3. The number of nitrogens with zero attached hydrogens (tertiary/aromatic N) is 10. The molecule has 2 amide bonds. The van der Waals surface area contributed by atoms with E-state index in [0.29, 0.717) is 104 Å². The first-order valence-electron chi connectivity index (χ1n) is 27.0. The number of fused-ring (bicyclic) bond motifs is 4. The Morgan fingerprint density at radius 1 is 0.659 bits per heavy atom. The van der Waals surface area contributed by atoms with Crippen LogP contribution in [0.2, 0.25) is 51.4 Å². The predicted molar refractivity (Wildman–Crippen MR) is 311 cm³/mol. The number of benzene rings is 2. The molecular formula is C56H74F4N12O8Si2. The average molecular weight is 1180 g/mol. The van der Waals surface area contributed by atoms with Gasteiger partial charge in [0.15, 0.2) is 11.3 Å². The van der Waals surface area contributed by atoms with Gasteiger partial charge in [-0.1, -0.05) is 39.3 Å². The Balaban J connectivity index is 0.000000236. The zero-order valence-corrected chi connectivity index (χ0v) is 50.6. The molecule has 6 heterocycles. The Kier molecular flexibility index (Phi) is 19.8. The second kappa shape index (κ2) is 26.0. The fourth-order valence-electron chi connectivity index (χ4n) is 8.54. The minimum Gasteiger partial charge on any atom is -0.435 e. The lowest BCUT2D eigenvalue weighted by Gasteiger charge is -2.20. The minimum atomic E-state index is -2.99. The number of alkyl halides is 4. The van der Waals surface area contributed by atoms with Gasteiger partial charge < -0.3 is 48.6 Å². The quantitative estimate of drug-likeness (QED) is 0.0221. The van der Waals surface area contributed by atoms with Crippen molar-refractivity contribution >= 4 is 78.4 Å². The zero-order chi connectivity index (χ0) is 59.9. The van der Waals surface area contributed by atoms with Crippen molar-refractivity contribution in [3.63, 3.8) is 0 Å². The van der Waals surface area contributed by atoms with E-state index < -0.39 is 40.4 Å². The summed E-state index contributed by atoms with van der Waals surface area (Å²) in [5, 5.41) is 25.7. The van der Waals surface area contributed by atoms with Crippen LogP contribution in [0.1, 0.15) is 75.1 Å². The highest BCUT2D eigenvalue weighted by atomic mass is 28.3. The lowest BCUT2D eigenvalue weighted by Crippen LogP contribution is -2.40. The first kappa shape index (κ1) is 62.5. The number of nitrogens with one attached hydrogen (secondary N) is 2. The summed E-state index contributed by atoms with van der Waals surface area (Å²) in [6.45, 7) is 21.3. The molecule has 0 spiro atoms. The molecule has 2 aromatic carbocycles. The van der Waals surface area contributed by atoms with Crippen molar-refractivity contribution in [3.8, 4) is 34.3 Å². The van der Waals surface area contributed by atoms with Crippen LogP contribution >= 0.6 is 0 Å². The maximum atomic E-state index is 13.3. The van der Waals surface area contributed by atoms with Crippen molar-refractivity contribution in [2.75, 3.05) is 19.8 Å². The highest BCUT2D eigenvalue weighted by Crippen LogP contribution is 2.34. The smallest absolute Gasteiger partial charge is 0.387 e. The van der Waals surface area contributed by atoms with E-state index in [9.17, 15) is 37.1 Å². The standard InChI is InChI=1S/C28H38F2N6O4Si.C28H36F2N6O4Si/c2*1-28(2,3)33-26(38)20-16-35(17-39-12-13-41(4,5)6)25-24(20)32-21(15-31-25)23-19-14-18(40-27(29)30)8-9-22(19)36(34-23)10-7-11-37/h8-9,14-16,27,37H,7,10-13,17H2,1-6H3,(H,33,38);8-9,11,14-16,27H,7,10,12-13,17H2,1-6H3,(H,33,38). The molecule has 0 unspecified atom stereocenters. The number of ether oxygens (including phenoxy) is 4. The largest absolute Gasteiger partial charge is 0.435 e. The van der Waals surface area contributed by atoms with Gasteiger partial charge in [0.2, 0.25) is 0 Å². The van der Waals surface area contributed by atoms with Crippen LogP contribution in [0.4, 0.5) is 17.6 Å². The van der Waals surface area contributed by atoms with Gasteiger partial charge in [-0.2, -0.15) is 27.8 Å². The fourth-order valence-corrected chi connectivity index (χ4v) is 10.1. The summed E-state index contributed by atoms with van der Waals surface area (Å²) in [5.41, 5.74) is 4.10. The topological polar surface area (TPSA) is 229 Å². The van der Waals surface area contributed by atoms with Gasteiger partial charge in [0, 0.05) is 89.7 Å². The molecule has 0 radical (unpaired) electrons. The number of aliphatic hydroxyl groups excluding tert-OH is 1. The first-order chi connectivity index (χ1) is 38.5. The third-order valence-electron chi connectivity index (χ3n) is 12.4. The van der Waals surface area contributed by atoms with E-state index in [1.165, 1.54) is 30.5 Å². The van der Waals surface area contributed by atoms with Gasteiger partial charge in [-0.25, -0.2) is 19.9 Å². The Bertz CT molecular complexity index is 3540. The number of halogens is 4. The molecule has 0 saturated carbocycles. The normalized spacial score (nSPS) is 12.5. The molecule has 0 atom stereocenters. The van der Waals surface area contributed by atoms with E-state index in [0.717, 1.165) is 18.4 Å². The van der Waals surface area contributed by atoms with E-state index in [1.54, 1.807) is 49.2 Å². The summed E-state index contributed by atoms with van der Waals surface area (Å²) < 4.78 is 79.7. The second-order valence-electron chi connectivity index (χ2n) is 24.3. The second-order valence-corrected chi connectivity index (χ2v) is 35.5. The summed E-state index contributed by atoms with van der Waals surface area (Å²) in [4.78, 5) is 56.5. The van der Waals surface area contributed by atoms with Crippen molar-refractivity contribution in [1.29, 1.82) is 0 Å². The van der Waals surface area contributed by atoms with Crippen LogP contribution in [-0.4, -0.2) is 132 Å². The Morgan fingerprint density at radius 3 is 1.44 bits per heavy atom. The molecule has 20 nitrogen and oxygen atoms in total. The number of amides is 2. The maximum Gasteiger partial charge on any atom is 0.387 e. The zero-order valence-electron chi connectivity index (χ0n) is 48.6. The Hall–Kier alpha value is -7.14. The number of aliphatic hydroxyl groups is 1. The summed E-state index contributed by atoms with van der Waals surface area (Å²) in [6, 6.07) is 11.1. The van der Waals surface area contributed by atoms with E-state index in [2.05, 4.69) is 79.6 Å². The van der Waals surface area contributed by atoms with Crippen molar-refractivity contribution in [3.05, 3.63) is 72.3 Å². The van der Waals surface area contributed by atoms with Gasteiger partial charge in [-0.15, -0.1) is 0 Å². The van der Waals surface area contributed by atoms with Gasteiger partial charge >= 0.3 is 13.2 Å². The highest BCUT2D eigenvalue weighted by molar-refractivity contribution is 6.76. The van der Waals surface area contributed by atoms with E-state index in [4.69, 9.17) is 19.4 Å². The summed E-state index contributed by atoms with van der Waals surface area (Å²) in [7, 11) is -2.56. The number of aryl methyl sites for hydroxylation is 2. The molecule has 0 aliphatic heterocycles. The van der Waals surface area contributed by atoms with Crippen LogP contribution in [0.25, 0.3) is 66.9 Å². The number of hydrogen-bond acceptors (Lipinski definition) is 14. The van der Waals surface area contributed by atoms with Gasteiger partial charge in [0.1, 0.15) is 65.1 Å². The predicted octanol–water partition coefficient (Wildman–Crippen LogP) is 10.8. The fraction of sp³-hybridized carbons (Fsp3) is 0.482. The van der Waals surface area contributed by atoms with Crippen molar-refractivity contribution in [2.45, 2.75) is 157 Å². The van der Waals surface area contributed by atoms with Crippen LogP contribution in [0.5, 0.6) is 11.5 Å². The molecule has 0 aliphatic carbocycles. The van der Waals surface area contributed by atoms with Crippen LogP contribution in [-0.2, 0) is 40.8 Å². The molecule has 82 heavy (non-hydrogen) atoms. The van der Waals surface area contributed by atoms with E-state index in [-0.39, 0.29) is 56.3 Å². The van der Waals surface area contributed by atoms with Crippen molar-refractivity contribution < 1.29 is 56.0 Å². The Morgan fingerprint density at radius 2 is 1.07 bits per heavy atom. The summed E-state index contributed by atoms with van der Waals surface area (Å²) >= 11 is 0.